The number of ether oxygens (including phenoxy) is 3. The number of ketones is 1. The van der Waals surface area contributed by atoms with Crippen molar-refractivity contribution in [2.45, 2.75) is 13.3 Å². The highest BCUT2D eigenvalue weighted by atomic mass is 16.5. The first kappa shape index (κ1) is 14.0. The minimum absolute atomic E-state index is 0.0468. The van der Waals surface area contributed by atoms with Crippen LogP contribution in [-0.2, 0) is 9.53 Å². The number of carbonyl (C=O) groups is 2. The molecule has 1 aromatic rings. The summed E-state index contributed by atoms with van der Waals surface area (Å²) in [4.78, 5) is 22.1. The fraction of sp³-hybridized carbons (Fsp3) is 0.385. The van der Waals surface area contributed by atoms with Gasteiger partial charge < -0.3 is 14.2 Å². The molecule has 0 N–H and O–H groups in total. The molecule has 0 radical (unpaired) electrons. The molecule has 0 fully saturated rings. The topological polar surface area (TPSA) is 61.8 Å². The van der Waals surface area contributed by atoms with Gasteiger partial charge in [0.15, 0.2) is 17.3 Å². The van der Waals surface area contributed by atoms with E-state index in [1.165, 1.54) is 21.1 Å². The first-order chi connectivity index (χ1) is 8.58. The molecular weight excluding hydrogens is 236 g/mol. The largest absolute Gasteiger partial charge is 0.493 e. The number of esters is 1. The number of rotatable bonds is 6. The van der Waals surface area contributed by atoms with Gasteiger partial charge in [0.05, 0.1) is 27.2 Å². The summed E-state index contributed by atoms with van der Waals surface area (Å²) in [6.45, 7) is 1.68. The zero-order valence-corrected chi connectivity index (χ0v) is 10.7. The zero-order chi connectivity index (χ0) is 13.5. The second-order valence-corrected chi connectivity index (χ2v) is 3.60. The predicted octanol–water partition coefficient (Wildman–Crippen LogP) is 1.84. The molecule has 0 unspecified atom stereocenters. The van der Waals surface area contributed by atoms with Gasteiger partial charge in [0.1, 0.15) is 0 Å². The lowest BCUT2D eigenvalue weighted by atomic mass is 10.1. The molecule has 1 rings (SSSR count). The average molecular weight is 252 g/mol. The van der Waals surface area contributed by atoms with Gasteiger partial charge in [0.2, 0.25) is 0 Å². The van der Waals surface area contributed by atoms with Crippen molar-refractivity contribution in [3.63, 3.8) is 0 Å². The van der Waals surface area contributed by atoms with E-state index in [0.717, 1.165) is 0 Å². The molecule has 5 nitrogen and oxygen atoms in total. The molecule has 1 aromatic carbocycles. The SMILES string of the molecule is COC(=O)CCOc1ccc(C(C)=O)cc1OC. The zero-order valence-electron chi connectivity index (χ0n) is 10.7. The highest BCUT2D eigenvalue weighted by Crippen LogP contribution is 2.28. The third-order valence-electron chi connectivity index (χ3n) is 2.36. The van der Waals surface area contributed by atoms with E-state index in [1.807, 2.05) is 0 Å². The molecule has 0 aliphatic rings. The van der Waals surface area contributed by atoms with Crippen LogP contribution in [-0.4, -0.2) is 32.6 Å². The lowest BCUT2D eigenvalue weighted by Gasteiger charge is -2.11. The molecule has 5 heteroatoms. The van der Waals surface area contributed by atoms with Crippen LogP contribution in [0, 0.1) is 0 Å². The third kappa shape index (κ3) is 3.76. The van der Waals surface area contributed by atoms with Crippen molar-refractivity contribution in [2.24, 2.45) is 0 Å². The first-order valence-corrected chi connectivity index (χ1v) is 5.47. The second kappa shape index (κ2) is 6.64. The monoisotopic (exact) mass is 252 g/mol. The molecule has 0 spiro atoms. The molecule has 0 aliphatic carbocycles. The minimum atomic E-state index is -0.339. The quantitative estimate of drug-likeness (QED) is 0.571. The highest BCUT2D eigenvalue weighted by Gasteiger charge is 2.09. The molecule has 0 bridgehead atoms. The molecule has 98 valence electrons. The van der Waals surface area contributed by atoms with Gasteiger partial charge in [-0.3, -0.25) is 9.59 Å². The van der Waals surface area contributed by atoms with Crippen molar-refractivity contribution in [3.05, 3.63) is 23.8 Å². The third-order valence-corrected chi connectivity index (χ3v) is 2.36. The van der Waals surface area contributed by atoms with Crippen molar-refractivity contribution < 1.29 is 23.8 Å². The van der Waals surface area contributed by atoms with Crippen LogP contribution in [0.25, 0.3) is 0 Å². The molecular formula is C13H16O5. The average Bonchev–Trinajstić information content (AvgIpc) is 2.38. The summed E-state index contributed by atoms with van der Waals surface area (Å²) in [7, 11) is 2.82. The Labute approximate surface area is 106 Å². The normalized spacial score (nSPS) is 9.72. The summed E-state index contributed by atoms with van der Waals surface area (Å²) < 4.78 is 15.0. The van der Waals surface area contributed by atoms with Crippen LogP contribution in [0.2, 0.25) is 0 Å². The summed E-state index contributed by atoms with van der Waals surface area (Å²) in [6, 6.07) is 4.90. The predicted molar refractivity (Wildman–Crippen MR) is 65.1 cm³/mol. The molecule has 0 heterocycles. The smallest absolute Gasteiger partial charge is 0.308 e. The second-order valence-electron chi connectivity index (χ2n) is 3.60. The summed E-state index contributed by atoms with van der Waals surface area (Å²) >= 11 is 0. The Hall–Kier alpha value is -2.04. The molecule has 0 amide bonds. The summed E-state index contributed by atoms with van der Waals surface area (Å²) in [5, 5.41) is 0. The van der Waals surface area contributed by atoms with Crippen LogP contribution in [0.5, 0.6) is 11.5 Å². The molecule has 0 saturated heterocycles. The Balaban J connectivity index is 2.71. The number of Topliss-reactive ketones (excluding diaryl/α,β-unsaturated/α-hetero) is 1. The number of hydrogen-bond acceptors (Lipinski definition) is 5. The van der Waals surface area contributed by atoms with Gasteiger partial charge in [-0.1, -0.05) is 0 Å². The Morgan fingerprint density at radius 2 is 1.89 bits per heavy atom. The van der Waals surface area contributed by atoms with Crippen molar-refractivity contribution in [2.75, 3.05) is 20.8 Å². The number of methoxy groups -OCH3 is 2. The Bertz CT molecular complexity index is 439. The van der Waals surface area contributed by atoms with Gasteiger partial charge in [-0.05, 0) is 25.1 Å². The Kier molecular flexibility index (Phi) is 5.17. The highest BCUT2D eigenvalue weighted by molar-refractivity contribution is 5.94. The Morgan fingerprint density at radius 3 is 2.44 bits per heavy atom. The lowest BCUT2D eigenvalue weighted by Crippen LogP contribution is -2.08. The van der Waals surface area contributed by atoms with Gasteiger partial charge >= 0.3 is 5.97 Å². The summed E-state index contributed by atoms with van der Waals surface area (Å²) in [6.07, 6.45) is 0.161. The number of hydrogen-bond donors (Lipinski definition) is 0. The maximum atomic E-state index is 11.2. The molecule has 0 atom stereocenters. The number of carbonyl (C=O) groups excluding carboxylic acids is 2. The van der Waals surface area contributed by atoms with Crippen molar-refractivity contribution in [1.82, 2.24) is 0 Å². The maximum Gasteiger partial charge on any atom is 0.308 e. The molecule has 0 aromatic heterocycles. The number of benzene rings is 1. The van der Waals surface area contributed by atoms with Crippen LogP contribution in [0.4, 0.5) is 0 Å². The summed E-state index contributed by atoms with van der Waals surface area (Å²) in [5.74, 6) is 0.572. The van der Waals surface area contributed by atoms with Gasteiger partial charge in [-0.15, -0.1) is 0 Å². The lowest BCUT2D eigenvalue weighted by molar-refractivity contribution is -0.141. The van der Waals surface area contributed by atoms with E-state index < -0.39 is 0 Å². The maximum absolute atomic E-state index is 11.2. The fourth-order valence-corrected chi connectivity index (χ4v) is 1.35. The standard InChI is InChI=1S/C13H16O5/c1-9(14)10-4-5-11(12(8-10)16-2)18-7-6-13(15)17-3/h4-5,8H,6-7H2,1-3H3. The molecule has 18 heavy (non-hydrogen) atoms. The van der Waals surface area contributed by atoms with E-state index in [2.05, 4.69) is 4.74 Å². The van der Waals surface area contributed by atoms with E-state index in [1.54, 1.807) is 18.2 Å². The van der Waals surface area contributed by atoms with Crippen LogP contribution in [0.1, 0.15) is 23.7 Å². The van der Waals surface area contributed by atoms with E-state index in [9.17, 15) is 9.59 Å². The van der Waals surface area contributed by atoms with E-state index in [-0.39, 0.29) is 24.8 Å². The molecule has 0 aliphatic heterocycles. The van der Waals surface area contributed by atoms with E-state index in [0.29, 0.717) is 17.1 Å². The van der Waals surface area contributed by atoms with Gasteiger partial charge in [-0.2, -0.15) is 0 Å². The van der Waals surface area contributed by atoms with Crippen molar-refractivity contribution in [1.29, 1.82) is 0 Å². The first-order valence-electron chi connectivity index (χ1n) is 5.47. The van der Waals surface area contributed by atoms with Crippen LogP contribution in [0.3, 0.4) is 0 Å². The van der Waals surface area contributed by atoms with Crippen LogP contribution in [0.15, 0.2) is 18.2 Å². The van der Waals surface area contributed by atoms with Gasteiger partial charge in [0, 0.05) is 5.56 Å². The minimum Gasteiger partial charge on any atom is -0.493 e. The molecule has 0 saturated carbocycles. The van der Waals surface area contributed by atoms with Gasteiger partial charge in [-0.25, -0.2) is 0 Å². The Morgan fingerprint density at radius 1 is 1.17 bits per heavy atom. The van der Waals surface area contributed by atoms with Crippen LogP contribution >= 0.6 is 0 Å². The van der Waals surface area contributed by atoms with Crippen LogP contribution < -0.4 is 9.47 Å². The van der Waals surface area contributed by atoms with E-state index >= 15 is 0 Å². The summed E-state index contributed by atoms with van der Waals surface area (Å²) in [5.41, 5.74) is 0.548. The fourth-order valence-electron chi connectivity index (χ4n) is 1.35. The van der Waals surface area contributed by atoms with Gasteiger partial charge in [0.25, 0.3) is 0 Å². The van der Waals surface area contributed by atoms with Crippen molar-refractivity contribution in [3.8, 4) is 11.5 Å². The van der Waals surface area contributed by atoms with Crippen molar-refractivity contribution >= 4 is 11.8 Å². The van der Waals surface area contributed by atoms with E-state index in [4.69, 9.17) is 9.47 Å².